The SMILES string of the molecule is C.CC.CNC(=O)Cn1ccccc1=O.Cc1cccc(C)c1-c1cncc(CCC(=O)O)c1. The number of amides is 1. The molecule has 0 atom stereocenters. The van der Waals surface area contributed by atoms with Crippen molar-refractivity contribution in [2.45, 2.75) is 54.5 Å². The lowest BCUT2D eigenvalue weighted by Gasteiger charge is -2.10. The number of hydrogen-bond acceptors (Lipinski definition) is 4. The fourth-order valence-corrected chi connectivity index (χ4v) is 3.11. The Bertz CT molecular complexity index is 1090. The fraction of sp³-hybridized carbons (Fsp3) is 0.333. The average molecular weight is 468 g/mol. The number of nitrogens with zero attached hydrogens (tertiary/aromatic N) is 2. The first kappa shape index (κ1) is 30.3. The number of hydrogen-bond donors (Lipinski definition) is 2. The molecule has 3 rings (SSSR count). The van der Waals surface area contributed by atoms with Gasteiger partial charge in [0.2, 0.25) is 5.91 Å². The highest BCUT2D eigenvalue weighted by atomic mass is 16.4. The van der Waals surface area contributed by atoms with E-state index in [1.165, 1.54) is 34.4 Å². The van der Waals surface area contributed by atoms with Crippen LogP contribution in [0.1, 0.15) is 44.4 Å². The number of benzene rings is 1. The van der Waals surface area contributed by atoms with Crippen LogP contribution >= 0.6 is 0 Å². The molecule has 2 heterocycles. The number of aryl methyl sites for hydroxylation is 3. The van der Waals surface area contributed by atoms with Crippen molar-refractivity contribution >= 4 is 11.9 Å². The summed E-state index contributed by atoms with van der Waals surface area (Å²) in [6.07, 6.45) is 5.80. The van der Waals surface area contributed by atoms with Gasteiger partial charge in [0.15, 0.2) is 0 Å². The average Bonchev–Trinajstić information content (AvgIpc) is 2.81. The number of aliphatic carboxylic acids is 1. The molecule has 0 spiro atoms. The zero-order valence-corrected chi connectivity index (χ0v) is 20.0. The van der Waals surface area contributed by atoms with Crippen molar-refractivity contribution in [3.63, 3.8) is 0 Å². The second kappa shape index (κ2) is 16.0. The van der Waals surface area contributed by atoms with Crippen LogP contribution in [0.5, 0.6) is 0 Å². The summed E-state index contributed by atoms with van der Waals surface area (Å²) in [6.45, 7) is 8.23. The van der Waals surface area contributed by atoms with Crippen LogP contribution in [0.3, 0.4) is 0 Å². The maximum Gasteiger partial charge on any atom is 0.303 e. The van der Waals surface area contributed by atoms with Crippen molar-refractivity contribution in [1.29, 1.82) is 0 Å². The third kappa shape index (κ3) is 9.81. The smallest absolute Gasteiger partial charge is 0.303 e. The molecule has 0 fully saturated rings. The summed E-state index contributed by atoms with van der Waals surface area (Å²) in [7, 11) is 1.54. The first-order chi connectivity index (χ1) is 15.8. The topological polar surface area (TPSA) is 101 Å². The molecule has 1 aromatic carbocycles. The molecule has 0 saturated carbocycles. The van der Waals surface area contributed by atoms with Gasteiger partial charge in [-0.25, -0.2) is 0 Å². The number of likely N-dealkylation sites (N-methyl/N-ethyl adjacent to an activating group) is 1. The first-order valence-corrected chi connectivity index (χ1v) is 10.9. The van der Waals surface area contributed by atoms with E-state index in [-0.39, 0.29) is 31.9 Å². The van der Waals surface area contributed by atoms with E-state index in [2.05, 4.69) is 36.3 Å². The van der Waals surface area contributed by atoms with Gasteiger partial charge in [-0.3, -0.25) is 19.4 Å². The number of carbonyl (C=O) groups excluding carboxylic acids is 1. The van der Waals surface area contributed by atoms with E-state index in [0.29, 0.717) is 6.42 Å². The van der Waals surface area contributed by atoms with Gasteiger partial charge in [0, 0.05) is 43.7 Å². The van der Waals surface area contributed by atoms with Crippen molar-refractivity contribution in [2.24, 2.45) is 0 Å². The highest BCUT2D eigenvalue weighted by molar-refractivity contribution is 5.75. The highest BCUT2D eigenvalue weighted by Crippen LogP contribution is 2.27. The summed E-state index contributed by atoms with van der Waals surface area (Å²) in [5.74, 6) is -0.958. The fourth-order valence-electron chi connectivity index (χ4n) is 3.11. The number of carboxylic acids is 1. The van der Waals surface area contributed by atoms with Crippen molar-refractivity contribution in [3.05, 3.63) is 88.1 Å². The molecule has 0 radical (unpaired) electrons. The maximum absolute atomic E-state index is 11.1. The molecule has 7 nitrogen and oxygen atoms in total. The number of aromatic nitrogens is 2. The summed E-state index contributed by atoms with van der Waals surface area (Å²) in [5.41, 5.74) is 5.45. The standard InChI is InChI=1S/C16H17NO2.C8H10N2O2.C2H6.CH4/c1-11-4-3-5-12(2)16(11)14-8-13(9-17-10-14)6-7-15(18)19;1-9-7(11)6-10-5-3-2-4-8(10)12;1-2;/h3-5,8-10H,6-7H2,1-2H3,(H,18,19);2-5H,6H2,1H3,(H,9,11);1-2H3;1H4. The van der Waals surface area contributed by atoms with Crippen molar-refractivity contribution in [2.75, 3.05) is 7.05 Å². The van der Waals surface area contributed by atoms with E-state index >= 15 is 0 Å². The van der Waals surface area contributed by atoms with Crippen LogP contribution in [0, 0.1) is 13.8 Å². The summed E-state index contributed by atoms with van der Waals surface area (Å²) in [5, 5.41) is 11.2. The normalized spacial score (nSPS) is 9.32. The molecule has 0 aliphatic rings. The van der Waals surface area contributed by atoms with Gasteiger partial charge >= 0.3 is 5.97 Å². The van der Waals surface area contributed by atoms with Crippen LogP contribution in [0.4, 0.5) is 0 Å². The van der Waals surface area contributed by atoms with Crippen LogP contribution in [0.2, 0.25) is 0 Å². The van der Waals surface area contributed by atoms with E-state index in [4.69, 9.17) is 5.11 Å². The lowest BCUT2D eigenvalue weighted by molar-refractivity contribution is -0.137. The van der Waals surface area contributed by atoms with Crippen LogP contribution < -0.4 is 10.9 Å². The van der Waals surface area contributed by atoms with Crippen LogP contribution in [0.25, 0.3) is 11.1 Å². The Hall–Kier alpha value is -3.74. The molecule has 1 amide bonds. The van der Waals surface area contributed by atoms with Crippen molar-refractivity contribution in [1.82, 2.24) is 14.9 Å². The predicted octanol–water partition coefficient (Wildman–Crippen LogP) is 4.64. The summed E-state index contributed by atoms with van der Waals surface area (Å²) >= 11 is 0. The Morgan fingerprint density at radius 1 is 1.03 bits per heavy atom. The van der Waals surface area contributed by atoms with Gasteiger partial charge in [-0.1, -0.05) is 45.5 Å². The third-order valence-corrected chi connectivity index (χ3v) is 4.68. The first-order valence-electron chi connectivity index (χ1n) is 10.9. The minimum absolute atomic E-state index is 0. The monoisotopic (exact) mass is 467 g/mol. The molecule has 0 bridgehead atoms. The number of carboxylic acid groups (broad SMARTS) is 1. The minimum Gasteiger partial charge on any atom is -0.481 e. The van der Waals surface area contributed by atoms with Gasteiger partial charge in [0.25, 0.3) is 5.56 Å². The Morgan fingerprint density at radius 3 is 2.24 bits per heavy atom. The zero-order valence-electron chi connectivity index (χ0n) is 20.0. The van der Waals surface area contributed by atoms with Crippen molar-refractivity contribution < 1.29 is 14.7 Å². The molecule has 0 aliphatic heterocycles. The largest absolute Gasteiger partial charge is 0.481 e. The lowest BCUT2D eigenvalue weighted by Crippen LogP contribution is -2.29. The Morgan fingerprint density at radius 2 is 1.68 bits per heavy atom. The van der Waals surface area contributed by atoms with E-state index in [0.717, 1.165) is 11.1 Å². The van der Waals surface area contributed by atoms with Crippen molar-refractivity contribution in [3.8, 4) is 11.1 Å². The number of carbonyl (C=O) groups is 2. The number of pyridine rings is 2. The van der Waals surface area contributed by atoms with Gasteiger partial charge in [-0.15, -0.1) is 0 Å². The second-order valence-corrected chi connectivity index (χ2v) is 7.08. The molecule has 0 aliphatic carbocycles. The summed E-state index contributed by atoms with van der Waals surface area (Å²) < 4.78 is 1.35. The molecule has 2 aromatic heterocycles. The van der Waals surface area contributed by atoms with Crippen LogP contribution in [0.15, 0.2) is 65.8 Å². The quantitative estimate of drug-likeness (QED) is 0.550. The second-order valence-electron chi connectivity index (χ2n) is 7.08. The van der Waals surface area contributed by atoms with E-state index in [1.807, 2.05) is 32.2 Å². The van der Waals surface area contributed by atoms with E-state index < -0.39 is 5.97 Å². The molecule has 2 N–H and O–H groups in total. The van der Waals surface area contributed by atoms with E-state index in [1.54, 1.807) is 24.5 Å². The molecule has 0 saturated heterocycles. The Labute approximate surface area is 202 Å². The van der Waals surface area contributed by atoms with E-state index in [9.17, 15) is 14.4 Å². The Balaban J connectivity index is 0.000000630. The molecule has 0 unspecified atom stereocenters. The van der Waals surface area contributed by atoms with Gasteiger partial charge in [0.1, 0.15) is 6.54 Å². The number of rotatable bonds is 6. The molecule has 7 heteroatoms. The van der Waals surface area contributed by atoms with Gasteiger partial charge in [0.05, 0.1) is 0 Å². The predicted molar refractivity (Wildman–Crippen MR) is 138 cm³/mol. The molecular formula is C27H37N3O4. The summed E-state index contributed by atoms with van der Waals surface area (Å²) in [6, 6.07) is 13.0. The van der Waals surface area contributed by atoms with Crippen LogP contribution in [-0.2, 0) is 22.6 Å². The highest BCUT2D eigenvalue weighted by Gasteiger charge is 2.07. The Kier molecular flexibility index (Phi) is 14.2. The van der Waals surface area contributed by atoms with Gasteiger partial charge in [-0.2, -0.15) is 0 Å². The van der Waals surface area contributed by atoms with Crippen LogP contribution in [-0.4, -0.2) is 33.6 Å². The molecular weight excluding hydrogens is 430 g/mol. The van der Waals surface area contributed by atoms with Gasteiger partial charge in [-0.05, 0) is 54.7 Å². The minimum atomic E-state index is -0.780. The molecule has 3 aromatic rings. The van der Waals surface area contributed by atoms with Gasteiger partial charge < -0.3 is 15.0 Å². The molecule has 184 valence electrons. The number of nitrogens with one attached hydrogen (secondary N) is 1. The zero-order chi connectivity index (χ0) is 24.8. The lowest BCUT2D eigenvalue weighted by atomic mass is 9.96. The summed E-state index contributed by atoms with van der Waals surface area (Å²) in [4.78, 5) is 36.8. The maximum atomic E-state index is 11.1. The molecule has 34 heavy (non-hydrogen) atoms. The third-order valence-electron chi connectivity index (χ3n) is 4.68.